The van der Waals surface area contributed by atoms with Crippen molar-refractivity contribution < 1.29 is 14.6 Å². The average Bonchev–Trinajstić information content (AvgIpc) is 2.84. The highest BCUT2D eigenvalue weighted by molar-refractivity contribution is 5.72. The number of aliphatic carboxylic acids is 1. The average molecular weight is 304 g/mol. The topological polar surface area (TPSA) is 99.2 Å². The summed E-state index contributed by atoms with van der Waals surface area (Å²) in [6.07, 6.45) is 3.35. The van der Waals surface area contributed by atoms with Crippen molar-refractivity contribution in [3.63, 3.8) is 0 Å². The van der Waals surface area contributed by atoms with E-state index in [9.17, 15) is 14.7 Å². The lowest BCUT2D eigenvalue weighted by molar-refractivity contribution is -0.141. The van der Waals surface area contributed by atoms with Crippen molar-refractivity contribution in [1.29, 1.82) is 0 Å². The number of methoxy groups -OCH3 is 1. The number of hydrogen-bond donors (Lipinski definition) is 1. The number of carboxylic acid groups (broad SMARTS) is 1. The number of pyridine rings is 1. The second kappa shape index (κ2) is 5.63. The van der Waals surface area contributed by atoms with Crippen LogP contribution in [0, 0.1) is 0 Å². The van der Waals surface area contributed by atoms with E-state index in [-0.39, 0.29) is 6.54 Å². The number of ether oxygens (including phenoxy) is 1. The molecule has 1 aliphatic rings. The third-order valence-electron chi connectivity index (χ3n) is 3.76. The zero-order valence-electron chi connectivity index (χ0n) is 12.1. The van der Waals surface area contributed by atoms with E-state index in [0.29, 0.717) is 36.5 Å². The largest absolute Gasteiger partial charge is 0.495 e. The zero-order valence-corrected chi connectivity index (χ0v) is 12.1. The lowest BCUT2D eigenvalue weighted by atomic mass is 10.1. The minimum absolute atomic E-state index is 0.204. The van der Waals surface area contributed by atoms with Crippen molar-refractivity contribution in [2.45, 2.75) is 31.8 Å². The molecule has 3 rings (SSSR count). The van der Waals surface area contributed by atoms with Crippen molar-refractivity contribution >= 4 is 5.97 Å². The summed E-state index contributed by atoms with van der Waals surface area (Å²) in [6.45, 7) is 0.204. The van der Waals surface area contributed by atoms with E-state index in [4.69, 9.17) is 4.74 Å². The number of aryl methyl sites for hydroxylation is 1. The summed E-state index contributed by atoms with van der Waals surface area (Å²) in [7, 11) is 1.55. The van der Waals surface area contributed by atoms with Gasteiger partial charge in [0.2, 0.25) is 0 Å². The number of carboxylic acids is 1. The number of nitrogens with zero attached hydrogens (tertiary/aromatic N) is 4. The van der Waals surface area contributed by atoms with Gasteiger partial charge in [0, 0.05) is 6.42 Å². The van der Waals surface area contributed by atoms with E-state index in [1.807, 2.05) is 0 Å². The summed E-state index contributed by atoms with van der Waals surface area (Å²) in [4.78, 5) is 27.9. The molecule has 0 spiro atoms. The van der Waals surface area contributed by atoms with Gasteiger partial charge in [-0.15, -0.1) is 0 Å². The predicted molar refractivity (Wildman–Crippen MR) is 76.0 cm³/mol. The van der Waals surface area contributed by atoms with E-state index in [0.717, 1.165) is 0 Å². The van der Waals surface area contributed by atoms with Gasteiger partial charge in [0.05, 0.1) is 25.5 Å². The molecule has 22 heavy (non-hydrogen) atoms. The van der Waals surface area contributed by atoms with Crippen molar-refractivity contribution in [2.75, 3.05) is 7.11 Å². The van der Waals surface area contributed by atoms with E-state index in [1.165, 1.54) is 9.25 Å². The van der Waals surface area contributed by atoms with Crippen molar-refractivity contribution in [3.8, 4) is 5.75 Å². The van der Waals surface area contributed by atoms with Crippen LogP contribution in [0.2, 0.25) is 0 Å². The van der Waals surface area contributed by atoms with E-state index < -0.39 is 17.7 Å². The summed E-state index contributed by atoms with van der Waals surface area (Å²) in [5.41, 5.74) is 0.255. The van der Waals surface area contributed by atoms with E-state index in [1.54, 1.807) is 25.4 Å². The van der Waals surface area contributed by atoms with Crippen LogP contribution in [-0.2, 0) is 17.8 Å². The molecule has 0 amide bonds. The molecule has 1 N–H and O–H groups in total. The molecule has 0 radical (unpaired) electrons. The molecular formula is C14H16N4O4. The molecule has 3 heterocycles. The molecule has 8 nitrogen and oxygen atoms in total. The second-order valence-electron chi connectivity index (χ2n) is 5.16. The minimum Gasteiger partial charge on any atom is -0.495 e. The van der Waals surface area contributed by atoms with Gasteiger partial charge in [-0.25, -0.2) is 14.3 Å². The lowest BCUT2D eigenvalue weighted by Crippen LogP contribution is -2.34. The Labute approximate surface area is 126 Å². The second-order valence-corrected chi connectivity index (χ2v) is 5.16. The van der Waals surface area contributed by atoms with Crippen LogP contribution >= 0.6 is 0 Å². The maximum atomic E-state index is 12.4. The summed E-state index contributed by atoms with van der Waals surface area (Å²) in [5.74, 6) is 0.161. The molecule has 2 aromatic heterocycles. The van der Waals surface area contributed by atoms with E-state index in [2.05, 4.69) is 10.1 Å². The highest BCUT2D eigenvalue weighted by atomic mass is 16.5. The predicted octanol–water partition coefficient (Wildman–Crippen LogP) is 0.459. The zero-order chi connectivity index (χ0) is 15.7. The molecule has 1 aliphatic heterocycles. The molecule has 0 aromatic carbocycles. The first-order valence-corrected chi connectivity index (χ1v) is 7.00. The molecule has 1 atom stereocenters. The SMILES string of the molecule is COc1ccc(Cn2nc3n(c2=O)[C@H](C(=O)O)CCC3)nc1. The maximum absolute atomic E-state index is 12.4. The number of hydrogen-bond acceptors (Lipinski definition) is 5. The standard InChI is InChI=1S/C14H16N4O4/c1-22-10-6-5-9(15-7-10)8-17-14(21)18-11(13(19)20)3-2-4-12(18)16-17/h5-7,11H,2-4,8H2,1H3,(H,19,20)/t11-/m0/s1. The van der Waals surface area contributed by atoms with Crippen LogP contribution in [0.25, 0.3) is 0 Å². The van der Waals surface area contributed by atoms with Gasteiger partial charge in [0.1, 0.15) is 17.6 Å². The molecule has 0 bridgehead atoms. The molecule has 2 aromatic rings. The van der Waals surface area contributed by atoms with Crippen LogP contribution in [-0.4, -0.2) is 37.5 Å². The van der Waals surface area contributed by atoms with Crippen LogP contribution in [0.5, 0.6) is 5.75 Å². The third-order valence-corrected chi connectivity index (χ3v) is 3.76. The Balaban J connectivity index is 1.92. The first-order chi connectivity index (χ1) is 10.6. The van der Waals surface area contributed by atoms with Crippen molar-refractivity contribution in [2.24, 2.45) is 0 Å². The molecule has 0 saturated carbocycles. The first-order valence-electron chi connectivity index (χ1n) is 7.00. The minimum atomic E-state index is -0.995. The number of carbonyl (C=O) groups is 1. The molecule has 0 fully saturated rings. The van der Waals surface area contributed by atoms with Crippen LogP contribution in [0.15, 0.2) is 23.1 Å². The number of rotatable bonds is 4. The molecular weight excluding hydrogens is 288 g/mol. The van der Waals surface area contributed by atoms with Gasteiger partial charge < -0.3 is 9.84 Å². The monoisotopic (exact) mass is 304 g/mol. The highest BCUT2D eigenvalue weighted by Gasteiger charge is 2.30. The summed E-state index contributed by atoms with van der Waals surface area (Å²) < 4.78 is 7.59. The van der Waals surface area contributed by atoms with Crippen LogP contribution in [0.3, 0.4) is 0 Å². The van der Waals surface area contributed by atoms with Gasteiger partial charge in [0.25, 0.3) is 0 Å². The van der Waals surface area contributed by atoms with Crippen LogP contribution in [0.4, 0.5) is 0 Å². The number of aromatic nitrogens is 4. The molecule has 8 heteroatoms. The normalized spacial score (nSPS) is 17.0. The highest BCUT2D eigenvalue weighted by Crippen LogP contribution is 2.21. The Morgan fingerprint density at radius 1 is 1.50 bits per heavy atom. The van der Waals surface area contributed by atoms with Gasteiger partial charge in [-0.1, -0.05) is 0 Å². The van der Waals surface area contributed by atoms with E-state index >= 15 is 0 Å². The fourth-order valence-corrected chi connectivity index (χ4v) is 2.65. The van der Waals surface area contributed by atoms with Crippen LogP contribution < -0.4 is 10.4 Å². The van der Waals surface area contributed by atoms with Crippen molar-refractivity contribution in [3.05, 3.63) is 40.3 Å². The van der Waals surface area contributed by atoms with Gasteiger partial charge in [-0.05, 0) is 25.0 Å². The molecule has 116 valence electrons. The van der Waals surface area contributed by atoms with Crippen molar-refractivity contribution in [1.82, 2.24) is 19.3 Å². The molecule has 0 aliphatic carbocycles. The Morgan fingerprint density at radius 2 is 2.32 bits per heavy atom. The fraction of sp³-hybridized carbons (Fsp3) is 0.429. The quantitative estimate of drug-likeness (QED) is 0.881. The summed E-state index contributed by atoms with van der Waals surface area (Å²) in [5, 5.41) is 13.5. The molecule has 0 saturated heterocycles. The summed E-state index contributed by atoms with van der Waals surface area (Å²) in [6, 6.07) is 2.68. The third kappa shape index (κ3) is 2.47. The van der Waals surface area contributed by atoms with Gasteiger partial charge in [0.15, 0.2) is 0 Å². The maximum Gasteiger partial charge on any atom is 0.347 e. The summed E-state index contributed by atoms with van der Waals surface area (Å²) >= 11 is 0. The smallest absolute Gasteiger partial charge is 0.347 e. The lowest BCUT2D eigenvalue weighted by Gasteiger charge is -2.19. The van der Waals surface area contributed by atoms with Gasteiger partial charge >= 0.3 is 11.7 Å². The molecule has 0 unspecified atom stereocenters. The fourth-order valence-electron chi connectivity index (χ4n) is 2.65. The van der Waals surface area contributed by atoms with Gasteiger partial charge in [-0.2, -0.15) is 5.10 Å². The Hall–Kier alpha value is -2.64. The van der Waals surface area contributed by atoms with Gasteiger partial charge in [-0.3, -0.25) is 9.55 Å². The Kier molecular flexibility index (Phi) is 3.66. The first kappa shape index (κ1) is 14.3. The number of fused-ring (bicyclic) bond motifs is 1. The van der Waals surface area contributed by atoms with Crippen LogP contribution in [0.1, 0.15) is 30.4 Å². The Bertz CT molecular complexity index is 747. The Morgan fingerprint density at radius 3 is 2.95 bits per heavy atom.